The van der Waals surface area contributed by atoms with Crippen LogP contribution in [0.2, 0.25) is 0 Å². The minimum atomic E-state index is -3.92. The molecule has 0 saturated heterocycles. The van der Waals surface area contributed by atoms with Gasteiger partial charge in [0.15, 0.2) is 0 Å². The lowest BCUT2D eigenvalue weighted by Gasteiger charge is -2.13. The second kappa shape index (κ2) is 5.83. The number of sulfonamides is 1. The molecule has 0 heterocycles. The first kappa shape index (κ1) is 15.5. The van der Waals surface area contributed by atoms with E-state index in [-0.39, 0.29) is 17.2 Å². The summed E-state index contributed by atoms with van der Waals surface area (Å²) in [6.45, 7) is 3.00. The van der Waals surface area contributed by atoms with Gasteiger partial charge in [-0.25, -0.2) is 12.8 Å². The van der Waals surface area contributed by atoms with Crippen LogP contribution in [0.5, 0.6) is 0 Å². The second-order valence-corrected chi connectivity index (χ2v) is 6.45. The predicted molar refractivity (Wildman–Crippen MR) is 79.0 cm³/mol. The Morgan fingerprint density at radius 3 is 2.48 bits per heavy atom. The van der Waals surface area contributed by atoms with Crippen molar-refractivity contribution in [1.82, 2.24) is 0 Å². The molecule has 0 amide bonds. The summed E-state index contributed by atoms with van der Waals surface area (Å²) in [5.74, 6) is -0.630. The first-order chi connectivity index (χ1) is 9.85. The van der Waals surface area contributed by atoms with Crippen molar-refractivity contribution < 1.29 is 17.9 Å². The lowest BCUT2D eigenvalue weighted by Crippen LogP contribution is -2.16. The van der Waals surface area contributed by atoms with Gasteiger partial charge in [0.1, 0.15) is 5.82 Å². The van der Waals surface area contributed by atoms with Crippen molar-refractivity contribution >= 4 is 15.7 Å². The molecule has 0 bridgehead atoms. The largest absolute Gasteiger partial charge is 0.392 e. The van der Waals surface area contributed by atoms with E-state index >= 15 is 0 Å². The monoisotopic (exact) mass is 309 g/mol. The molecule has 2 N–H and O–H groups in total. The van der Waals surface area contributed by atoms with Crippen LogP contribution < -0.4 is 4.72 Å². The van der Waals surface area contributed by atoms with E-state index in [0.29, 0.717) is 16.7 Å². The number of benzene rings is 2. The summed E-state index contributed by atoms with van der Waals surface area (Å²) in [6.07, 6.45) is 0. The van der Waals surface area contributed by atoms with Crippen LogP contribution in [0.3, 0.4) is 0 Å². The first-order valence-electron chi connectivity index (χ1n) is 6.33. The third-order valence-electron chi connectivity index (χ3n) is 3.18. The molecule has 4 nitrogen and oxygen atoms in total. The van der Waals surface area contributed by atoms with Crippen molar-refractivity contribution in [3.63, 3.8) is 0 Å². The Hall–Kier alpha value is -1.92. The van der Waals surface area contributed by atoms with Crippen molar-refractivity contribution in [3.8, 4) is 0 Å². The van der Waals surface area contributed by atoms with Crippen LogP contribution in [0.25, 0.3) is 0 Å². The third-order valence-corrected chi connectivity index (χ3v) is 4.67. The lowest BCUT2D eigenvalue weighted by atomic mass is 10.2. The van der Waals surface area contributed by atoms with Crippen molar-refractivity contribution in [2.24, 2.45) is 0 Å². The molecule has 0 spiro atoms. The molecular formula is C15H16FNO3S. The number of para-hydroxylation sites is 1. The molecule has 0 aliphatic heterocycles. The summed E-state index contributed by atoms with van der Waals surface area (Å²) in [6, 6.07) is 8.96. The standard InChI is InChI=1S/C15H16FNO3S/c1-10-6-7-12(9-18)8-14(10)21(19,20)17-15-11(2)4-3-5-13(15)16/h3-8,17-18H,9H2,1-2H3. The molecule has 112 valence electrons. The van der Waals surface area contributed by atoms with Crippen LogP contribution in [0.15, 0.2) is 41.3 Å². The molecular weight excluding hydrogens is 293 g/mol. The number of hydrogen-bond acceptors (Lipinski definition) is 3. The van der Waals surface area contributed by atoms with Gasteiger partial charge in [0.2, 0.25) is 0 Å². The van der Waals surface area contributed by atoms with Crippen LogP contribution in [0.4, 0.5) is 10.1 Å². The fraction of sp³-hybridized carbons (Fsp3) is 0.200. The fourth-order valence-electron chi connectivity index (χ4n) is 1.98. The van der Waals surface area contributed by atoms with Gasteiger partial charge in [0.25, 0.3) is 10.0 Å². The molecule has 0 atom stereocenters. The predicted octanol–water partition coefficient (Wildman–Crippen LogP) is 2.74. The fourth-order valence-corrected chi connectivity index (χ4v) is 3.42. The van der Waals surface area contributed by atoms with Gasteiger partial charge in [0, 0.05) is 0 Å². The van der Waals surface area contributed by atoms with Gasteiger partial charge in [-0.2, -0.15) is 0 Å². The topological polar surface area (TPSA) is 66.4 Å². The van der Waals surface area contributed by atoms with Gasteiger partial charge in [-0.1, -0.05) is 24.3 Å². The normalized spacial score (nSPS) is 11.4. The smallest absolute Gasteiger partial charge is 0.262 e. The number of anilines is 1. The Balaban J connectivity index is 2.48. The van der Waals surface area contributed by atoms with Crippen molar-refractivity contribution in [1.29, 1.82) is 0 Å². The molecule has 0 aromatic heterocycles. The van der Waals surface area contributed by atoms with E-state index in [4.69, 9.17) is 5.11 Å². The Morgan fingerprint density at radius 1 is 1.14 bits per heavy atom. The zero-order chi connectivity index (χ0) is 15.6. The van der Waals surface area contributed by atoms with E-state index < -0.39 is 15.8 Å². The summed E-state index contributed by atoms with van der Waals surface area (Å²) in [4.78, 5) is 0.0247. The summed E-state index contributed by atoms with van der Waals surface area (Å²) in [5.41, 5.74) is 1.43. The maximum Gasteiger partial charge on any atom is 0.262 e. The van der Waals surface area contributed by atoms with Crippen molar-refractivity contribution in [2.75, 3.05) is 4.72 Å². The number of aryl methyl sites for hydroxylation is 2. The molecule has 0 aliphatic rings. The summed E-state index contributed by atoms with van der Waals surface area (Å²) in [7, 11) is -3.92. The van der Waals surface area contributed by atoms with Gasteiger partial charge in [-0.3, -0.25) is 4.72 Å². The van der Waals surface area contributed by atoms with Crippen LogP contribution in [0, 0.1) is 19.7 Å². The number of aliphatic hydroxyl groups is 1. The van der Waals surface area contributed by atoms with Crippen LogP contribution in [-0.2, 0) is 16.6 Å². The van der Waals surface area contributed by atoms with Crippen LogP contribution in [-0.4, -0.2) is 13.5 Å². The van der Waals surface area contributed by atoms with Crippen molar-refractivity contribution in [3.05, 3.63) is 58.9 Å². The molecule has 21 heavy (non-hydrogen) atoms. The lowest BCUT2D eigenvalue weighted by molar-refractivity contribution is 0.281. The van der Waals surface area contributed by atoms with E-state index in [1.54, 1.807) is 32.0 Å². The zero-order valence-corrected chi connectivity index (χ0v) is 12.5. The van der Waals surface area contributed by atoms with Gasteiger partial charge in [-0.05, 0) is 42.7 Å². The number of rotatable bonds is 4. The molecule has 0 fully saturated rings. The molecule has 0 radical (unpaired) electrons. The van der Waals surface area contributed by atoms with Gasteiger partial charge >= 0.3 is 0 Å². The summed E-state index contributed by atoms with van der Waals surface area (Å²) in [5, 5.41) is 9.12. The van der Waals surface area contributed by atoms with E-state index in [0.717, 1.165) is 0 Å². The average molecular weight is 309 g/mol. The highest BCUT2D eigenvalue weighted by atomic mass is 32.2. The molecule has 2 rings (SSSR count). The van der Waals surface area contributed by atoms with Crippen molar-refractivity contribution in [2.45, 2.75) is 25.3 Å². The minimum Gasteiger partial charge on any atom is -0.392 e. The Kier molecular flexibility index (Phi) is 4.29. The number of nitrogens with one attached hydrogen (secondary N) is 1. The molecule has 0 saturated carbocycles. The highest BCUT2D eigenvalue weighted by molar-refractivity contribution is 7.92. The van der Waals surface area contributed by atoms with E-state index in [1.165, 1.54) is 18.2 Å². The van der Waals surface area contributed by atoms with E-state index in [9.17, 15) is 12.8 Å². The summed E-state index contributed by atoms with van der Waals surface area (Å²) < 4.78 is 40.9. The maximum atomic E-state index is 13.8. The Morgan fingerprint density at radius 2 is 1.86 bits per heavy atom. The third kappa shape index (κ3) is 3.22. The SMILES string of the molecule is Cc1ccc(CO)cc1S(=O)(=O)Nc1c(C)cccc1F. The van der Waals surface area contributed by atoms with E-state index in [2.05, 4.69) is 4.72 Å². The van der Waals surface area contributed by atoms with Gasteiger partial charge in [-0.15, -0.1) is 0 Å². The molecule has 2 aromatic carbocycles. The van der Waals surface area contributed by atoms with Gasteiger partial charge < -0.3 is 5.11 Å². The summed E-state index contributed by atoms with van der Waals surface area (Å²) >= 11 is 0. The zero-order valence-electron chi connectivity index (χ0n) is 11.7. The second-order valence-electron chi connectivity index (χ2n) is 4.80. The highest BCUT2D eigenvalue weighted by Crippen LogP contribution is 2.25. The van der Waals surface area contributed by atoms with Crippen LogP contribution in [0.1, 0.15) is 16.7 Å². The van der Waals surface area contributed by atoms with Crippen LogP contribution >= 0.6 is 0 Å². The molecule has 2 aromatic rings. The highest BCUT2D eigenvalue weighted by Gasteiger charge is 2.20. The quantitative estimate of drug-likeness (QED) is 0.912. The maximum absolute atomic E-state index is 13.8. The minimum absolute atomic E-state index is 0.0247. The molecule has 0 unspecified atom stereocenters. The first-order valence-corrected chi connectivity index (χ1v) is 7.82. The van der Waals surface area contributed by atoms with Gasteiger partial charge in [0.05, 0.1) is 17.2 Å². The number of halogens is 1. The average Bonchev–Trinajstić information content (AvgIpc) is 2.43. The van der Waals surface area contributed by atoms with E-state index in [1.807, 2.05) is 0 Å². The molecule has 6 heteroatoms. The number of aliphatic hydroxyl groups excluding tert-OH is 1. The Bertz CT molecular complexity index is 752. The molecule has 0 aliphatic carbocycles. The Labute approximate surface area is 123 Å². The number of hydrogen-bond donors (Lipinski definition) is 2.